The van der Waals surface area contributed by atoms with Gasteiger partial charge in [-0.3, -0.25) is 0 Å². The zero-order valence-corrected chi connectivity index (χ0v) is 10.7. The molecule has 0 radical (unpaired) electrons. The van der Waals surface area contributed by atoms with Gasteiger partial charge in [-0.2, -0.15) is 0 Å². The van der Waals surface area contributed by atoms with E-state index in [1.54, 1.807) is 0 Å². The normalized spacial score (nSPS) is 10.3. The lowest BCUT2D eigenvalue weighted by molar-refractivity contribution is 0.303. The second kappa shape index (κ2) is 5.05. The van der Waals surface area contributed by atoms with E-state index in [1.807, 2.05) is 12.1 Å². The van der Waals surface area contributed by atoms with Crippen LogP contribution in [0.5, 0.6) is 5.75 Å². The van der Waals surface area contributed by atoms with Crippen LogP contribution in [0.4, 0.5) is 0 Å². The van der Waals surface area contributed by atoms with Gasteiger partial charge in [-0.25, -0.2) is 0 Å². The number of rotatable bonds is 3. The summed E-state index contributed by atoms with van der Waals surface area (Å²) in [6, 6.07) is 14.5. The predicted molar refractivity (Wildman–Crippen MR) is 71.4 cm³/mol. The Labute approximate surface area is 103 Å². The zero-order valence-electron chi connectivity index (χ0n) is 10.7. The molecule has 1 nitrogen and oxygen atoms in total. The van der Waals surface area contributed by atoms with Crippen LogP contribution >= 0.6 is 0 Å². The van der Waals surface area contributed by atoms with Gasteiger partial charge in [0.05, 0.1) is 0 Å². The molecule has 0 aromatic heterocycles. The van der Waals surface area contributed by atoms with Crippen LogP contribution in [0.25, 0.3) is 0 Å². The van der Waals surface area contributed by atoms with Crippen molar-refractivity contribution >= 4 is 0 Å². The number of benzene rings is 2. The van der Waals surface area contributed by atoms with Crippen LogP contribution < -0.4 is 4.74 Å². The van der Waals surface area contributed by atoms with Gasteiger partial charge in [0.2, 0.25) is 0 Å². The molecule has 88 valence electrons. The number of ether oxygens (including phenoxy) is 1. The molecule has 0 amide bonds. The first kappa shape index (κ1) is 11.7. The van der Waals surface area contributed by atoms with Crippen LogP contribution in [0.2, 0.25) is 0 Å². The highest BCUT2D eigenvalue weighted by Crippen LogP contribution is 2.22. The average molecular weight is 226 g/mol. The molecule has 0 heterocycles. The lowest BCUT2D eigenvalue weighted by atomic mass is 10.1. The third-order valence-electron chi connectivity index (χ3n) is 3.20. The Morgan fingerprint density at radius 2 is 1.53 bits per heavy atom. The van der Waals surface area contributed by atoms with Crippen molar-refractivity contribution in [3.63, 3.8) is 0 Å². The van der Waals surface area contributed by atoms with Crippen molar-refractivity contribution in [2.24, 2.45) is 0 Å². The fourth-order valence-corrected chi connectivity index (χ4v) is 1.81. The maximum Gasteiger partial charge on any atom is 0.122 e. The molecule has 0 bridgehead atoms. The van der Waals surface area contributed by atoms with E-state index in [0.717, 1.165) is 5.75 Å². The predicted octanol–water partition coefficient (Wildman–Crippen LogP) is 4.19. The van der Waals surface area contributed by atoms with E-state index in [0.29, 0.717) is 6.61 Å². The van der Waals surface area contributed by atoms with Crippen molar-refractivity contribution < 1.29 is 4.74 Å². The molecule has 2 rings (SSSR count). The van der Waals surface area contributed by atoms with Gasteiger partial charge in [0, 0.05) is 0 Å². The highest BCUT2D eigenvalue weighted by molar-refractivity contribution is 5.38. The van der Waals surface area contributed by atoms with Crippen molar-refractivity contribution in [1.29, 1.82) is 0 Å². The molecule has 1 heteroatoms. The summed E-state index contributed by atoms with van der Waals surface area (Å²) >= 11 is 0. The Hall–Kier alpha value is -1.76. The summed E-state index contributed by atoms with van der Waals surface area (Å²) in [4.78, 5) is 0. The molecule has 0 saturated carbocycles. The van der Waals surface area contributed by atoms with Gasteiger partial charge in [0.1, 0.15) is 12.4 Å². The van der Waals surface area contributed by atoms with E-state index in [4.69, 9.17) is 4.74 Å². The molecule has 0 atom stereocenters. The lowest BCUT2D eigenvalue weighted by Crippen LogP contribution is -1.99. The second-order valence-electron chi connectivity index (χ2n) is 4.41. The summed E-state index contributed by atoms with van der Waals surface area (Å²) in [7, 11) is 0. The molecule has 2 aromatic carbocycles. The maximum atomic E-state index is 5.88. The van der Waals surface area contributed by atoms with E-state index < -0.39 is 0 Å². The highest BCUT2D eigenvalue weighted by Gasteiger charge is 2.03. The third kappa shape index (κ3) is 2.68. The molecule has 0 unspecified atom stereocenters. The topological polar surface area (TPSA) is 9.23 Å². The average Bonchev–Trinajstić information content (AvgIpc) is 2.33. The SMILES string of the molecule is Cc1ccccc1COc1cccc(C)c1C. The van der Waals surface area contributed by atoms with Crippen LogP contribution in [-0.2, 0) is 6.61 Å². The van der Waals surface area contributed by atoms with Crippen LogP contribution in [0.3, 0.4) is 0 Å². The van der Waals surface area contributed by atoms with Gasteiger partial charge >= 0.3 is 0 Å². The zero-order chi connectivity index (χ0) is 12.3. The molecular formula is C16H18O. The van der Waals surface area contributed by atoms with Crippen LogP contribution in [0, 0.1) is 20.8 Å². The molecular weight excluding hydrogens is 208 g/mol. The summed E-state index contributed by atoms with van der Waals surface area (Å²) in [5.41, 5.74) is 5.01. The minimum absolute atomic E-state index is 0.636. The maximum absolute atomic E-state index is 5.88. The van der Waals surface area contributed by atoms with Crippen molar-refractivity contribution in [1.82, 2.24) is 0 Å². The molecule has 0 N–H and O–H groups in total. The monoisotopic (exact) mass is 226 g/mol. The molecule has 0 aliphatic carbocycles. The summed E-state index contributed by atoms with van der Waals surface area (Å²) in [5, 5.41) is 0. The van der Waals surface area contributed by atoms with Crippen LogP contribution in [-0.4, -0.2) is 0 Å². The van der Waals surface area contributed by atoms with Gasteiger partial charge in [0.25, 0.3) is 0 Å². The number of hydrogen-bond donors (Lipinski definition) is 0. The van der Waals surface area contributed by atoms with Gasteiger partial charge in [-0.05, 0) is 49.1 Å². The Kier molecular flexibility index (Phi) is 3.48. The molecule has 0 spiro atoms. The van der Waals surface area contributed by atoms with Crippen LogP contribution in [0.15, 0.2) is 42.5 Å². The van der Waals surface area contributed by atoms with E-state index in [9.17, 15) is 0 Å². The number of aryl methyl sites for hydroxylation is 2. The lowest BCUT2D eigenvalue weighted by Gasteiger charge is -2.12. The van der Waals surface area contributed by atoms with Crippen molar-refractivity contribution in [3.8, 4) is 5.75 Å². The molecule has 0 aliphatic rings. The largest absolute Gasteiger partial charge is 0.489 e. The highest BCUT2D eigenvalue weighted by atomic mass is 16.5. The smallest absolute Gasteiger partial charge is 0.122 e. The second-order valence-corrected chi connectivity index (χ2v) is 4.41. The first-order chi connectivity index (χ1) is 8.18. The Morgan fingerprint density at radius 1 is 0.824 bits per heavy atom. The Bertz CT molecular complexity index is 515. The standard InChI is InChI=1S/C16H18O/c1-12-8-6-10-16(14(12)3)17-11-15-9-5-4-7-13(15)2/h4-10H,11H2,1-3H3. The van der Waals surface area contributed by atoms with Crippen molar-refractivity contribution in [2.75, 3.05) is 0 Å². The molecule has 0 aliphatic heterocycles. The van der Waals surface area contributed by atoms with Gasteiger partial charge in [-0.1, -0.05) is 36.4 Å². The van der Waals surface area contributed by atoms with E-state index in [2.05, 4.69) is 51.1 Å². The van der Waals surface area contributed by atoms with Crippen LogP contribution in [0.1, 0.15) is 22.3 Å². The number of hydrogen-bond acceptors (Lipinski definition) is 1. The van der Waals surface area contributed by atoms with Crippen molar-refractivity contribution in [2.45, 2.75) is 27.4 Å². The molecule has 0 fully saturated rings. The van der Waals surface area contributed by atoms with E-state index >= 15 is 0 Å². The van der Waals surface area contributed by atoms with E-state index in [1.165, 1.54) is 22.3 Å². The molecule has 2 aromatic rings. The Morgan fingerprint density at radius 3 is 2.29 bits per heavy atom. The van der Waals surface area contributed by atoms with Gasteiger partial charge in [0.15, 0.2) is 0 Å². The van der Waals surface area contributed by atoms with E-state index in [-0.39, 0.29) is 0 Å². The minimum atomic E-state index is 0.636. The first-order valence-electron chi connectivity index (χ1n) is 5.92. The van der Waals surface area contributed by atoms with Crippen molar-refractivity contribution in [3.05, 3.63) is 64.7 Å². The molecule has 17 heavy (non-hydrogen) atoms. The molecule has 0 saturated heterocycles. The summed E-state index contributed by atoms with van der Waals surface area (Å²) in [6.07, 6.45) is 0. The minimum Gasteiger partial charge on any atom is -0.489 e. The summed E-state index contributed by atoms with van der Waals surface area (Å²) < 4.78 is 5.88. The fourth-order valence-electron chi connectivity index (χ4n) is 1.81. The summed E-state index contributed by atoms with van der Waals surface area (Å²) in [5.74, 6) is 0.980. The first-order valence-corrected chi connectivity index (χ1v) is 5.92. The third-order valence-corrected chi connectivity index (χ3v) is 3.20. The van der Waals surface area contributed by atoms with Gasteiger partial charge < -0.3 is 4.74 Å². The quantitative estimate of drug-likeness (QED) is 0.762. The summed E-state index contributed by atoms with van der Waals surface area (Å²) in [6.45, 7) is 6.96. The Balaban J connectivity index is 2.13. The fraction of sp³-hybridized carbons (Fsp3) is 0.250. The van der Waals surface area contributed by atoms with Gasteiger partial charge in [-0.15, -0.1) is 0 Å².